The minimum Gasteiger partial charge on any atom is -0.376 e. The smallest absolute Gasteiger partial charge is 0.253 e. The molecule has 2 rings (SSSR count). The van der Waals surface area contributed by atoms with Crippen LogP contribution in [-0.4, -0.2) is 30.9 Å². The summed E-state index contributed by atoms with van der Waals surface area (Å²) in [6, 6.07) is 7.60. The van der Waals surface area contributed by atoms with Crippen LogP contribution in [0.4, 0.5) is 5.69 Å². The van der Waals surface area contributed by atoms with Gasteiger partial charge in [0.1, 0.15) is 0 Å². The third-order valence-electron chi connectivity index (χ3n) is 4.25. The number of carbonyl (C=O) groups excluding carboxylic acids is 2. The van der Waals surface area contributed by atoms with E-state index in [9.17, 15) is 9.59 Å². The summed E-state index contributed by atoms with van der Waals surface area (Å²) < 4.78 is 0. The predicted octanol–water partition coefficient (Wildman–Crippen LogP) is 2.93. The number of benzene rings is 1. The number of nitrogens with one attached hydrogen (secondary N) is 3. The van der Waals surface area contributed by atoms with E-state index >= 15 is 0 Å². The lowest BCUT2D eigenvalue weighted by Gasteiger charge is -2.23. The van der Waals surface area contributed by atoms with E-state index in [1.54, 1.807) is 6.07 Å². The molecule has 1 aromatic rings. The van der Waals surface area contributed by atoms with Crippen LogP contribution in [0.25, 0.3) is 0 Å². The fraction of sp³-hybridized carbons (Fsp3) is 0.579. The highest BCUT2D eigenvalue weighted by atomic mass is 16.2. The molecule has 0 unspecified atom stereocenters. The van der Waals surface area contributed by atoms with Crippen molar-refractivity contribution >= 4 is 17.5 Å². The molecule has 1 fully saturated rings. The number of anilines is 1. The molecule has 3 N–H and O–H groups in total. The average molecular weight is 331 g/mol. The molecule has 0 aromatic heterocycles. The van der Waals surface area contributed by atoms with Gasteiger partial charge in [-0.3, -0.25) is 9.59 Å². The molecule has 132 valence electrons. The van der Waals surface area contributed by atoms with Crippen molar-refractivity contribution in [3.63, 3.8) is 0 Å². The molecule has 0 atom stereocenters. The number of hydrogen-bond donors (Lipinski definition) is 3. The number of amides is 2. The molecule has 0 bridgehead atoms. The van der Waals surface area contributed by atoms with Crippen LogP contribution in [-0.2, 0) is 4.79 Å². The maximum Gasteiger partial charge on any atom is 0.253 e. The van der Waals surface area contributed by atoms with Crippen LogP contribution in [0.15, 0.2) is 24.3 Å². The standard InChI is InChI=1S/C19H29N3O2/c1-14(2)12-21-19(24)16-10-6-7-11-17(16)20-13-18(23)22-15-8-4-3-5-9-15/h6-7,10-11,14-15,20H,3-5,8-9,12-13H2,1-2H3,(H,21,24)(H,22,23). The Balaban J connectivity index is 1.87. The van der Waals surface area contributed by atoms with Gasteiger partial charge in [0.25, 0.3) is 5.91 Å². The van der Waals surface area contributed by atoms with Gasteiger partial charge in [-0.1, -0.05) is 45.2 Å². The van der Waals surface area contributed by atoms with Crippen LogP contribution in [0.3, 0.4) is 0 Å². The van der Waals surface area contributed by atoms with Crippen molar-refractivity contribution in [3.05, 3.63) is 29.8 Å². The van der Waals surface area contributed by atoms with Gasteiger partial charge < -0.3 is 16.0 Å². The molecule has 2 amide bonds. The van der Waals surface area contributed by atoms with Crippen molar-refractivity contribution in [2.24, 2.45) is 5.92 Å². The van der Waals surface area contributed by atoms with E-state index in [-0.39, 0.29) is 18.4 Å². The van der Waals surface area contributed by atoms with Crippen LogP contribution in [0.5, 0.6) is 0 Å². The second-order valence-electron chi connectivity index (χ2n) is 6.91. The van der Waals surface area contributed by atoms with E-state index in [0.717, 1.165) is 12.8 Å². The Morgan fingerprint density at radius 1 is 1.12 bits per heavy atom. The zero-order valence-electron chi connectivity index (χ0n) is 14.7. The van der Waals surface area contributed by atoms with E-state index < -0.39 is 0 Å². The lowest BCUT2D eigenvalue weighted by molar-refractivity contribution is -0.120. The molecule has 0 heterocycles. The quantitative estimate of drug-likeness (QED) is 0.719. The second-order valence-corrected chi connectivity index (χ2v) is 6.91. The van der Waals surface area contributed by atoms with Crippen molar-refractivity contribution in [2.45, 2.75) is 52.0 Å². The first kappa shape index (κ1) is 18.3. The van der Waals surface area contributed by atoms with Gasteiger partial charge in [0.05, 0.1) is 12.1 Å². The largest absolute Gasteiger partial charge is 0.376 e. The Bertz CT molecular complexity index is 551. The molecule has 5 nitrogen and oxygen atoms in total. The van der Waals surface area contributed by atoms with Crippen molar-refractivity contribution < 1.29 is 9.59 Å². The van der Waals surface area contributed by atoms with E-state index in [2.05, 4.69) is 29.8 Å². The molecule has 0 aliphatic heterocycles. The highest BCUT2D eigenvalue weighted by Crippen LogP contribution is 2.18. The second kappa shape index (κ2) is 9.30. The van der Waals surface area contributed by atoms with E-state index in [1.807, 2.05) is 18.2 Å². The molecule has 24 heavy (non-hydrogen) atoms. The van der Waals surface area contributed by atoms with Crippen LogP contribution in [0.1, 0.15) is 56.3 Å². The van der Waals surface area contributed by atoms with Crippen molar-refractivity contribution in [3.8, 4) is 0 Å². The first-order chi connectivity index (χ1) is 11.6. The van der Waals surface area contributed by atoms with Gasteiger partial charge in [-0.25, -0.2) is 0 Å². The predicted molar refractivity (Wildman–Crippen MR) is 97.1 cm³/mol. The minimum absolute atomic E-state index is 0.0145. The van der Waals surface area contributed by atoms with Gasteiger partial charge in [0.15, 0.2) is 0 Å². The van der Waals surface area contributed by atoms with Crippen molar-refractivity contribution in [1.29, 1.82) is 0 Å². The SMILES string of the molecule is CC(C)CNC(=O)c1ccccc1NCC(=O)NC1CCCCC1. The first-order valence-electron chi connectivity index (χ1n) is 8.96. The Labute approximate surface area is 144 Å². The Kier molecular flexibility index (Phi) is 7.09. The van der Waals surface area contributed by atoms with E-state index in [1.165, 1.54) is 19.3 Å². The summed E-state index contributed by atoms with van der Waals surface area (Å²) >= 11 is 0. The summed E-state index contributed by atoms with van der Waals surface area (Å²) in [5, 5.41) is 9.09. The van der Waals surface area contributed by atoms with E-state index in [0.29, 0.717) is 29.8 Å². The van der Waals surface area contributed by atoms with Crippen molar-refractivity contribution in [2.75, 3.05) is 18.4 Å². The highest BCUT2D eigenvalue weighted by molar-refractivity contribution is 6.00. The molecule has 1 saturated carbocycles. The first-order valence-corrected chi connectivity index (χ1v) is 8.96. The van der Waals surface area contributed by atoms with Gasteiger partial charge in [-0.15, -0.1) is 0 Å². The van der Waals surface area contributed by atoms with Crippen LogP contribution in [0.2, 0.25) is 0 Å². The average Bonchev–Trinajstić information content (AvgIpc) is 2.59. The fourth-order valence-electron chi connectivity index (χ4n) is 2.93. The van der Waals surface area contributed by atoms with Gasteiger partial charge in [-0.05, 0) is 30.9 Å². The summed E-state index contributed by atoms with van der Waals surface area (Å²) in [5.74, 6) is 0.272. The van der Waals surface area contributed by atoms with Gasteiger partial charge in [0.2, 0.25) is 5.91 Å². The normalized spacial score (nSPS) is 15.1. The summed E-state index contributed by atoms with van der Waals surface area (Å²) in [4.78, 5) is 24.4. The molecule has 0 saturated heterocycles. The molecular formula is C19H29N3O2. The summed E-state index contributed by atoms with van der Waals surface area (Å²) in [7, 11) is 0. The van der Waals surface area contributed by atoms with Gasteiger partial charge in [0, 0.05) is 18.3 Å². The number of para-hydroxylation sites is 1. The molecular weight excluding hydrogens is 302 g/mol. The zero-order valence-corrected chi connectivity index (χ0v) is 14.7. The highest BCUT2D eigenvalue weighted by Gasteiger charge is 2.16. The maximum atomic E-state index is 12.3. The van der Waals surface area contributed by atoms with Crippen LogP contribution < -0.4 is 16.0 Å². The summed E-state index contributed by atoms with van der Waals surface area (Å²) in [6.45, 7) is 4.93. The molecule has 1 aliphatic carbocycles. The van der Waals surface area contributed by atoms with Crippen LogP contribution in [0, 0.1) is 5.92 Å². The Morgan fingerprint density at radius 2 is 1.83 bits per heavy atom. The molecule has 0 radical (unpaired) electrons. The van der Waals surface area contributed by atoms with E-state index in [4.69, 9.17) is 0 Å². The van der Waals surface area contributed by atoms with Crippen LogP contribution >= 0.6 is 0 Å². The summed E-state index contributed by atoms with van der Waals surface area (Å²) in [6.07, 6.45) is 5.79. The third-order valence-corrected chi connectivity index (χ3v) is 4.25. The molecule has 5 heteroatoms. The summed E-state index contributed by atoms with van der Waals surface area (Å²) in [5.41, 5.74) is 1.26. The number of rotatable bonds is 7. The molecule has 1 aromatic carbocycles. The lowest BCUT2D eigenvalue weighted by Crippen LogP contribution is -2.39. The monoisotopic (exact) mass is 331 g/mol. The van der Waals surface area contributed by atoms with Gasteiger partial charge >= 0.3 is 0 Å². The zero-order chi connectivity index (χ0) is 17.4. The molecule has 0 spiro atoms. The molecule has 1 aliphatic rings. The Morgan fingerprint density at radius 3 is 2.54 bits per heavy atom. The lowest BCUT2D eigenvalue weighted by atomic mass is 9.95. The third kappa shape index (κ3) is 5.87. The topological polar surface area (TPSA) is 70.2 Å². The number of hydrogen-bond acceptors (Lipinski definition) is 3. The fourth-order valence-corrected chi connectivity index (χ4v) is 2.93. The minimum atomic E-state index is -0.112. The Hall–Kier alpha value is -2.04. The number of carbonyl (C=O) groups is 2. The maximum absolute atomic E-state index is 12.3. The van der Waals surface area contributed by atoms with Crippen molar-refractivity contribution in [1.82, 2.24) is 10.6 Å². The van der Waals surface area contributed by atoms with Gasteiger partial charge in [-0.2, -0.15) is 0 Å².